The Hall–Kier alpha value is -3.08. The number of aromatic amines is 2. The van der Waals surface area contributed by atoms with Crippen LogP contribution in [0.3, 0.4) is 0 Å². The summed E-state index contributed by atoms with van der Waals surface area (Å²) in [5.41, 5.74) is 7.46. The van der Waals surface area contributed by atoms with Gasteiger partial charge in [0.25, 0.3) is 5.91 Å². The molecule has 5 rings (SSSR count). The van der Waals surface area contributed by atoms with Gasteiger partial charge in [-0.2, -0.15) is 0 Å². The van der Waals surface area contributed by atoms with Gasteiger partial charge in [0.1, 0.15) is 0 Å². The van der Waals surface area contributed by atoms with E-state index in [4.69, 9.17) is 0 Å². The summed E-state index contributed by atoms with van der Waals surface area (Å²) in [5.74, 6) is 0.450. The number of likely N-dealkylation sites (tertiary alicyclic amines) is 1. The molecule has 0 unspecified atom stereocenters. The van der Waals surface area contributed by atoms with Crippen molar-refractivity contribution in [2.45, 2.75) is 32.6 Å². The molecule has 1 aliphatic heterocycles. The molecule has 1 fully saturated rings. The molecule has 142 valence electrons. The molecule has 1 amide bonds. The molecule has 1 aliphatic rings. The number of nitrogens with zero attached hydrogens (tertiary/aromatic N) is 2. The minimum atomic E-state index is 0.124. The maximum absolute atomic E-state index is 13.2. The smallest absolute Gasteiger partial charge is 0.253 e. The van der Waals surface area contributed by atoms with E-state index in [1.165, 1.54) is 11.3 Å². The molecule has 28 heavy (non-hydrogen) atoms. The maximum Gasteiger partial charge on any atom is 0.253 e. The van der Waals surface area contributed by atoms with Crippen molar-refractivity contribution in [1.29, 1.82) is 0 Å². The van der Waals surface area contributed by atoms with E-state index in [0.717, 1.165) is 59.1 Å². The number of hydrogen-bond acceptors (Lipinski definition) is 2. The van der Waals surface area contributed by atoms with E-state index < -0.39 is 0 Å². The Kier molecular flexibility index (Phi) is 3.97. The second-order valence-corrected chi connectivity index (χ2v) is 7.89. The average molecular weight is 372 g/mol. The Morgan fingerprint density at radius 1 is 1.14 bits per heavy atom. The third kappa shape index (κ3) is 2.78. The Morgan fingerprint density at radius 2 is 2.04 bits per heavy atom. The highest BCUT2D eigenvalue weighted by Gasteiger charge is 2.27. The van der Waals surface area contributed by atoms with Crippen LogP contribution in [-0.2, 0) is 0 Å². The minimum absolute atomic E-state index is 0.124. The van der Waals surface area contributed by atoms with E-state index in [1.54, 1.807) is 0 Å². The van der Waals surface area contributed by atoms with Crippen LogP contribution < -0.4 is 0 Å². The molecule has 0 radical (unpaired) electrons. The van der Waals surface area contributed by atoms with E-state index >= 15 is 0 Å². The summed E-state index contributed by atoms with van der Waals surface area (Å²) >= 11 is 0. The van der Waals surface area contributed by atoms with Crippen molar-refractivity contribution in [2.24, 2.45) is 0 Å². The Bertz CT molecular complexity index is 1150. The molecule has 4 heterocycles. The van der Waals surface area contributed by atoms with Crippen LogP contribution >= 0.6 is 0 Å². The van der Waals surface area contributed by atoms with Crippen LogP contribution in [0, 0.1) is 13.8 Å². The predicted octanol–water partition coefficient (Wildman–Crippen LogP) is 4.68. The fourth-order valence-corrected chi connectivity index (χ4v) is 4.39. The number of rotatable bonds is 2. The number of benzene rings is 1. The van der Waals surface area contributed by atoms with Crippen LogP contribution in [0.5, 0.6) is 0 Å². The lowest BCUT2D eigenvalue weighted by atomic mass is 9.94. The van der Waals surface area contributed by atoms with Crippen LogP contribution in [0.2, 0.25) is 0 Å². The highest BCUT2D eigenvalue weighted by molar-refractivity contribution is 5.99. The summed E-state index contributed by atoms with van der Waals surface area (Å²) in [6, 6.07) is 12.1. The Balaban J connectivity index is 1.41. The average Bonchev–Trinajstić information content (AvgIpc) is 3.28. The maximum atomic E-state index is 13.2. The number of hydrogen-bond donors (Lipinski definition) is 2. The van der Waals surface area contributed by atoms with E-state index in [1.807, 2.05) is 41.4 Å². The highest BCUT2D eigenvalue weighted by Crippen LogP contribution is 2.30. The number of fused-ring (bicyclic) bond motifs is 2. The molecule has 0 spiro atoms. The number of amides is 1. The number of aryl methyl sites for hydroxylation is 2. The van der Waals surface area contributed by atoms with Crippen LogP contribution in [0.15, 0.2) is 42.6 Å². The first-order valence-electron chi connectivity index (χ1n) is 9.92. The SMILES string of the molecule is Cc1[nH]c2ccc(C(=O)N3CCC[C@H](c4cc5ncccc5[nH]4)C3)cc2c1C. The lowest BCUT2D eigenvalue weighted by Crippen LogP contribution is -2.39. The summed E-state index contributed by atoms with van der Waals surface area (Å²) in [7, 11) is 0. The summed E-state index contributed by atoms with van der Waals surface area (Å²) in [6.07, 6.45) is 3.92. The molecule has 1 atom stereocenters. The first-order chi connectivity index (χ1) is 13.6. The van der Waals surface area contributed by atoms with Crippen LogP contribution in [0.1, 0.15) is 46.1 Å². The molecule has 0 saturated carbocycles. The molecule has 0 aliphatic carbocycles. The quantitative estimate of drug-likeness (QED) is 0.536. The number of pyridine rings is 1. The zero-order valence-corrected chi connectivity index (χ0v) is 16.2. The number of carbonyl (C=O) groups excluding carboxylic acids is 1. The second-order valence-electron chi connectivity index (χ2n) is 7.89. The van der Waals surface area contributed by atoms with Gasteiger partial charge in [-0.15, -0.1) is 0 Å². The Morgan fingerprint density at radius 3 is 2.89 bits per heavy atom. The van der Waals surface area contributed by atoms with Crippen molar-refractivity contribution in [3.05, 3.63) is 65.1 Å². The van der Waals surface area contributed by atoms with E-state index in [0.29, 0.717) is 5.92 Å². The van der Waals surface area contributed by atoms with Crippen molar-refractivity contribution in [3.8, 4) is 0 Å². The van der Waals surface area contributed by atoms with Gasteiger partial charge >= 0.3 is 0 Å². The van der Waals surface area contributed by atoms with Gasteiger partial charge in [-0.05, 0) is 68.7 Å². The molecule has 1 aromatic carbocycles. The lowest BCUT2D eigenvalue weighted by Gasteiger charge is -2.32. The summed E-state index contributed by atoms with van der Waals surface area (Å²) < 4.78 is 0. The third-order valence-corrected chi connectivity index (χ3v) is 6.11. The molecular formula is C23H24N4O. The van der Waals surface area contributed by atoms with E-state index in [9.17, 15) is 4.79 Å². The van der Waals surface area contributed by atoms with E-state index in [-0.39, 0.29) is 5.91 Å². The van der Waals surface area contributed by atoms with Crippen LogP contribution in [-0.4, -0.2) is 38.8 Å². The van der Waals surface area contributed by atoms with Gasteiger partial charge in [-0.3, -0.25) is 9.78 Å². The van der Waals surface area contributed by atoms with Gasteiger partial charge < -0.3 is 14.9 Å². The molecule has 1 saturated heterocycles. The molecule has 0 bridgehead atoms. The summed E-state index contributed by atoms with van der Waals surface area (Å²) in [5, 5.41) is 1.14. The first-order valence-corrected chi connectivity index (χ1v) is 9.92. The van der Waals surface area contributed by atoms with Crippen LogP contribution in [0.25, 0.3) is 21.9 Å². The fraction of sp³-hybridized carbons (Fsp3) is 0.304. The van der Waals surface area contributed by atoms with Gasteiger partial charge in [-0.1, -0.05) is 0 Å². The molecule has 2 N–H and O–H groups in total. The predicted molar refractivity (Wildman–Crippen MR) is 112 cm³/mol. The molecule has 5 heteroatoms. The topological polar surface area (TPSA) is 64.8 Å². The highest BCUT2D eigenvalue weighted by atomic mass is 16.2. The molecule has 3 aromatic heterocycles. The van der Waals surface area contributed by atoms with Gasteiger partial charge in [0.05, 0.1) is 11.0 Å². The zero-order chi connectivity index (χ0) is 19.3. The molecule has 4 aromatic rings. The van der Waals surface area contributed by atoms with Gasteiger partial charge in [-0.25, -0.2) is 0 Å². The van der Waals surface area contributed by atoms with Crippen molar-refractivity contribution in [3.63, 3.8) is 0 Å². The van der Waals surface area contributed by atoms with Crippen LogP contribution in [0.4, 0.5) is 0 Å². The largest absolute Gasteiger partial charge is 0.358 e. The summed E-state index contributed by atoms with van der Waals surface area (Å²) in [6.45, 7) is 5.73. The van der Waals surface area contributed by atoms with Crippen molar-refractivity contribution >= 4 is 27.8 Å². The normalized spacial score (nSPS) is 17.5. The standard InChI is InChI=1S/C23H24N4O/c1-14-15(2)25-19-8-7-16(11-18(14)19)23(28)27-10-4-5-17(13-27)21-12-22-20(26-21)6-3-9-24-22/h3,6-9,11-12,17,25-26H,4-5,10,13H2,1-2H3/t17-/m0/s1. The Labute approximate surface area is 163 Å². The van der Waals surface area contributed by atoms with Gasteiger partial charge in [0.15, 0.2) is 0 Å². The monoisotopic (exact) mass is 372 g/mol. The summed E-state index contributed by atoms with van der Waals surface area (Å²) in [4.78, 5) is 26.5. The number of H-pyrrole nitrogens is 2. The number of nitrogens with one attached hydrogen (secondary N) is 2. The minimum Gasteiger partial charge on any atom is -0.358 e. The van der Waals surface area contributed by atoms with Crippen molar-refractivity contribution < 1.29 is 4.79 Å². The fourth-order valence-electron chi connectivity index (χ4n) is 4.39. The van der Waals surface area contributed by atoms with Gasteiger partial charge in [0.2, 0.25) is 0 Å². The molecule has 5 nitrogen and oxygen atoms in total. The van der Waals surface area contributed by atoms with Gasteiger partial charge in [0, 0.05) is 53.1 Å². The number of piperidine rings is 1. The van der Waals surface area contributed by atoms with Crippen molar-refractivity contribution in [2.75, 3.05) is 13.1 Å². The molecular weight excluding hydrogens is 348 g/mol. The zero-order valence-electron chi connectivity index (χ0n) is 16.2. The number of carbonyl (C=O) groups is 1. The van der Waals surface area contributed by atoms with E-state index in [2.05, 4.69) is 34.9 Å². The number of aromatic nitrogens is 3. The third-order valence-electron chi connectivity index (χ3n) is 6.11. The second kappa shape index (κ2) is 6.51. The van der Waals surface area contributed by atoms with Crippen molar-refractivity contribution in [1.82, 2.24) is 19.9 Å². The first kappa shape index (κ1) is 17.0. The lowest BCUT2D eigenvalue weighted by molar-refractivity contribution is 0.0706.